The number of methoxy groups -OCH3 is 1. The summed E-state index contributed by atoms with van der Waals surface area (Å²) in [4.78, 5) is 16.4. The quantitative estimate of drug-likeness (QED) is 0.581. The highest BCUT2D eigenvalue weighted by atomic mass is 16.5. The molecule has 0 bridgehead atoms. The predicted octanol–water partition coefficient (Wildman–Crippen LogP) is 3.67. The number of rotatable bonds is 8. The molecule has 1 amide bonds. The van der Waals surface area contributed by atoms with Crippen molar-refractivity contribution in [2.75, 3.05) is 13.7 Å². The minimum absolute atomic E-state index is 0.0616. The van der Waals surface area contributed by atoms with Gasteiger partial charge < -0.3 is 19.4 Å². The standard InChI is InChI=1S/C23H22N4O3/c1-17(19-4-3-5-20(15-19)27-12-11-25-16-27)26-23(28)9-7-18-6-8-21(30-13-10-24)22(14-18)29-2/h3-9,11-12,14-17H,13H2,1-2H3,(H,26,28)/b9-7-/t17-/m1/s1. The Morgan fingerprint density at radius 2 is 2.17 bits per heavy atom. The maximum atomic E-state index is 12.4. The molecule has 0 saturated carbocycles. The summed E-state index contributed by atoms with van der Waals surface area (Å²) in [6, 6.07) is 14.9. The Hall–Kier alpha value is -4.05. The van der Waals surface area contributed by atoms with Gasteiger partial charge in [-0.15, -0.1) is 0 Å². The molecule has 1 aromatic heterocycles. The number of imidazole rings is 1. The second-order valence-electron chi connectivity index (χ2n) is 6.49. The molecular formula is C23H22N4O3. The molecule has 0 aliphatic rings. The summed E-state index contributed by atoms with van der Waals surface area (Å²) in [6.45, 7) is 1.87. The molecule has 30 heavy (non-hydrogen) atoms. The lowest BCUT2D eigenvalue weighted by molar-refractivity contribution is -0.117. The van der Waals surface area contributed by atoms with Crippen molar-refractivity contribution >= 4 is 12.0 Å². The molecule has 1 heterocycles. The van der Waals surface area contributed by atoms with Crippen LogP contribution in [0.3, 0.4) is 0 Å². The molecule has 2 aromatic carbocycles. The van der Waals surface area contributed by atoms with Gasteiger partial charge in [0.25, 0.3) is 0 Å². The number of carbonyl (C=O) groups is 1. The van der Waals surface area contributed by atoms with Crippen molar-refractivity contribution in [1.82, 2.24) is 14.9 Å². The van der Waals surface area contributed by atoms with Gasteiger partial charge in [0.15, 0.2) is 18.1 Å². The second-order valence-corrected chi connectivity index (χ2v) is 6.49. The summed E-state index contributed by atoms with van der Waals surface area (Å²) in [6.07, 6.45) is 8.49. The Bertz CT molecular complexity index is 1070. The minimum Gasteiger partial charge on any atom is -0.493 e. The molecule has 3 rings (SSSR count). The Labute approximate surface area is 175 Å². The lowest BCUT2D eigenvalue weighted by Crippen LogP contribution is -2.24. The third kappa shape index (κ3) is 5.26. The van der Waals surface area contributed by atoms with Crippen LogP contribution in [-0.2, 0) is 4.79 Å². The zero-order valence-electron chi connectivity index (χ0n) is 16.8. The van der Waals surface area contributed by atoms with E-state index in [0.717, 1.165) is 16.8 Å². The first-order valence-electron chi connectivity index (χ1n) is 9.35. The van der Waals surface area contributed by atoms with Gasteiger partial charge in [-0.3, -0.25) is 4.79 Å². The van der Waals surface area contributed by atoms with Gasteiger partial charge in [0.2, 0.25) is 5.91 Å². The molecule has 1 N–H and O–H groups in total. The van der Waals surface area contributed by atoms with E-state index in [-0.39, 0.29) is 18.6 Å². The summed E-state index contributed by atoms with van der Waals surface area (Å²) in [5, 5.41) is 11.6. The van der Waals surface area contributed by atoms with E-state index in [9.17, 15) is 4.79 Å². The van der Waals surface area contributed by atoms with E-state index in [2.05, 4.69) is 10.3 Å². The number of amides is 1. The molecule has 0 fully saturated rings. The lowest BCUT2D eigenvalue weighted by atomic mass is 10.1. The molecular weight excluding hydrogens is 380 g/mol. The molecule has 0 spiro atoms. The number of aromatic nitrogens is 2. The van der Waals surface area contributed by atoms with Gasteiger partial charge in [-0.05, 0) is 48.4 Å². The highest BCUT2D eigenvalue weighted by Gasteiger charge is 2.09. The van der Waals surface area contributed by atoms with Crippen molar-refractivity contribution in [3.63, 3.8) is 0 Å². The van der Waals surface area contributed by atoms with Crippen molar-refractivity contribution in [3.05, 3.63) is 78.4 Å². The van der Waals surface area contributed by atoms with E-state index in [1.165, 1.54) is 13.2 Å². The van der Waals surface area contributed by atoms with Gasteiger partial charge in [-0.2, -0.15) is 5.26 Å². The molecule has 0 aliphatic carbocycles. The number of carbonyl (C=O) groups excluding carboxylic acids is 1. The number of benzene rings is 2. The third-order valence-corrected chi connectivity index (χ3v) is 4.44. The fourth-order valence-corrected chi connectivity index (χ4v) is 2.90. The zero-order valence-corrected chi connectivity index (χ0v) is 16.8. The van der Waals surface area contributed by atoms with Crippen LogP contribution in [0.4, 0.5) is 0 Å². The van der Waals surface area contributed by atoms with Gasteiger partial charge >= 0.3 is 0 Å². The summed E-state index contributed by atoms with van der Waals surface area (Å²) >= 11 is 0. The first-order chi connectivity index (χ1) is 14.6. The number of nitrogens with zero attached hydrogens (tertiary/aromatic N) is 3. The Kier molecular flexibility index (Phi) is 6.85. The van der Waals surface area contributed by atoms with Gasteiger partial charge in [-0.1, -0.05) is 18.2 Å². The SMILES string of the molecule is COc1cc(/C=C\C(=O)N[C@H](C)c2cccc(-n3ccnc3)c2)ccc1OCC#N. The third-order valence-electron chi connectivity index (χ3n) is 4.44. The van der Waals surface area contributed by atoms with Crippen LogP contribution < -0.4 is 14.8 Å². The number of hydrogen-bond donors (Lipinski definition) is 1. The Morgan fingerprint density at radius 3 is 2.90 bits per heavy atom. The van der Waals surface area contributed by atoms with Crippen molar-refractivity contribution in [3.8, 4) is 23.3 Å². The van der Waals surface area contributed by atoms with E-state index >= 15 is 0 Å². The van der Waals surface area contributed by atoms with E-state index in [1.807, 2.05) is 48.0 Å². The monoisotopic (exact) mass is 402 g/mol. The van der Waals surface area contributed by atoms with E-state index in [0.29, 0.717) is 11.5 Å². The summed E-state index contributed by atoms with van der Waals surface area (Å²) in [7, 11) is 1.52. The summed E-state index contributed by atoms with van der Waals surface area (Å²) in [5.41, 5.74) is 2.75. The van der Waals surface area contributed by atoms with Crippen LogP contribution in [0.5, 0.6) is 11.5 Å². The zero-order chi connectivity index (χ0) is 21.3. The van der Waals surface area contributed by atoms with Crippen molar-refractivity contribution in [1.29, 1.82) is 5.26 Å². The van der Waals surface area contributed by atoms with Crippen molar-refractivity contribution in [2.45, 2.75) is 13.0 Å². The Morgan fingerprint density at radius 1 is 1.30 bits per heavy atom. The first-order valence-corrected chi connectivity index (χ1v) is 9.35. The highest BCUT2D eigenvalue weighted by molar-refractivity contribution is 5.92. The molecule has 0 aliphatic heterocycles. The van der Waals surface area contributed by atoms with Crippen LogP contribution in [0.25, 0.3) is 11.8 Å². The first kappa shape index (κ1) is 20.7. The van der Waals surface area contributed by atoms with Crippen LogP contribution in [0.15, 0.2) is 67.3 Å². The van der Waals surface area contributed by atoms with Crippen molar-refractivity contribution < 1.29 is 14.3 Å². The normalized spacial score (nSPS) is 11.6. The fourth-order valence-electron chi connectivity index (χ4n) is 2.90. The number of ether oxygens (including phenoxy) is 2. The highest BCUT2D eigenvalue weighted by Crippen LogP contribution is 2.28. The average Bonchev–Trinajstić information content (AvgIpc) is 3.31. The molecule has 1 atom stereocenters. The number of nitriles is 1. The lowest BCUT2D eigenvalue weighted by Gasteiger charge is -2.14. The average molecular weight is 402 g/mol. The summed E-state index contributed by atoms with van der Waals surface area (Å²) < 4.78 is 12.5. The largest absolute Gasteiger partial charge is 0.493 e. The number of nitrogens with one attached hydrogen (secondary N) is 1. The second kappa shape index (κ2) is 9.94. The molecule has 3 aromatic rings. The van der Waals surface area contributed by atoms with E-state index in [4.69, 9.17) is 14.7 Å². The molecule has 7 heteroatoms. The molecule has 152 valence electrons. The summed E-state index contributed by atoms with van der Waals surface area (Å²) in [5.74, 6) is 0.767. The molecule has 7 nitrogen and oxygen atoms in total. The molecule has 0 unspecified atom stereocenters. The van der Waals surface area contributed by atoms with E-state index in [1.54, 1.807) is 36.8 Å². The van der Waals surface area contributed by atoms with Gasteiger partial charge in [0, 0.05) is 24.2 Å². The smallest absolute Gasteiger partial charge is 0.244 e. The predicted molar refractivity (Wildman–Crippen MR) is 113 cm³/mol. The maximum Gasteiger partial charge on any atom is 0.244 e. The Balaban J connectivity index is 1.64. The van der Waals surface area contributed by atoms with Crippen LogP contribution >= 0.6 is 0 Å². The van der Waals surface area contributed by atoms with Gasteiger partial charge in [-0.25, -0.2) is 4.98 Å². The maximum absolute atomic E-state index is 12.4. The molecule has 0 radical (unpaired) electrons. The minimum atomic E-state index is -0.209. The van der Waals surface area contributed by atoms with Crippen LogP contribution in [0, 0.1) is 11.3 Å². The van der Waals surface area contributed by atoms with Crippen molar-refractivity contribution in [2.24, 2.45) is 0 Å². The topological polar surface area (TPSA) is 89.2 Å². The van der Waals surface area contributed by atoms with Crippen LogP contribution in [-0.4, -0.2) is 29.2 Å². The van der Waals surface area contributed by atoms with Crippen LogP contribution in [0.1, 0.15) is 24.1 Å². The van der Waals surface area contributed by atoms with Crippen LogP contribution in [0.2, 0.25) is 0 Å². The fraction of sp³-hybridized carbons (Fsp3) is 0.174. The van der Waals surface area contributed by atoms with Gasteiger partial charge in [0.1, 0.15) is 6.07 Å². The molecule has 0 saturated heterocycles. The van der Waals surface area contributed by atoms with Gasteiger partial charge in [0.05, 0.1) is 19.5 Å². The van der Waals surface area contributed by atoms with E-state index < -0.39 is 0 Å². The number of hydrogen-bond acceptors (Lipinski definition) is 5.